The molecule has 1 aliphatic rings. The van der Waals surface area contributed by atoms with E-state index < -0.39 is 0 Å². The Balaban J connectivity index is 1.40. The van der Waals surface area contributed by atoms with Gasteiger partial charge in [-0.3, -0.25) is 9.48 Å². The summed E-state index contributed by atoms with van der Waals surface area (Å²) in [4.78, 5) is 19.5. The van der Waals surface area contributed by atoms with Gasteiger partial charge in [-0.15, -0.1) is 0 Å². The van der Waals surface area contributed by atoms with Crippen molar-refractivity contribution < 1.29 is 9.53 Å². The molecule has 4 heterocycles. The molecule has 5 rings (SSSR count). The number of fused-ring (bicyclic) bond motifs is 1. The second-order valence-corrected chi connectivity index (χ2v) is 7.85. The minimum atomic E-state index is 0.00813. The van der Waals surface area contributed by atoms with Crippen molar-refractivity contribution in [3.63, 3.8) is 0 Å². The topological polar surface area (TPSA) is 77.5 Å². The zero-order valence-corrected chi connectivity index (χ0v) is 17.6. The summed E-state index contributed by atoms with van der Waals surface area (Å²) in [5.41, 5.74) is 3.51. The number of pyridine rings is 1. The zero-order chi connectivity index (χ0) is 21.4. The van der Waals surface area contributed by atoms with Crippen LogP contribution in [0.5, 0.6) is 5.75 Å². The van der Waals surface area contributed by atoms with Gasteiger partial charge in [-0.05, 0) is 48.7 Å². The maximum absolute atomic E-state index is 12.9. The van der Waals surface area contributed by atoms with Crippen LogP contribution in [0.25, 0.3) is 16.8 Å². The van der Waals surface area contributed by atoms with Gasteiger partial charge in [0.05, 0.1) is 7.11 Å². The second-order valence-electron chi connectivity index (χ2n) is 7.85. The highest BCUT2D eigenvalue weighted by Crippen LogP contribution is 2.28. The summed E-state index contributed by atoms with van der Waals surface area (Å²) in [7, 11) is 3.46. The molecular formula is C23H24N6O2. The van der Waals surface area contributed by atoms with Crippen molar-refractivity contribution in [2.75, 3.05) is 20.2 Å². The van der Waals surface area contributed by atoms with Gasteiger partial charge in [-0.1, -0.05) is 12.1 Å². The van der Waals surface area contributed by atoms with Crippen molar-refractivity contribution in [3.05, 3.63) is 66.4 Å². The van der Waals surface area contributed by atoms with Gasteiger partial charge in [0.2, 0.25) is 0 Å². The molecule has 31 heavy (non-hydrogen) atoms. The van der Waals surface area contributed by atoms with E-state index in [0.717, 1.165) is 47.7 Å². The van der Waals surface area contributed by atoms with E-state index in [-0.39, 0.29) is 11.8 Å². The summed E-state index contributed by atoms with van der Waals surface area (Å²) in [5, 5.41) is 8.87. The third kappa shape index (κ3) is 3.65. The molecule has 8 nitrogen and oxygen atoms in total. The number of rotatable bonds is 4. The molecule has 1 fully saturated rings. The number of aryl methyl sites for hydroxylation is 1. The van der Waals surface area contributed by atoms with Crippen LogP contribution in [-0.2, 0) is 7.05 Å². The van der Waals surface area contributed by atoms with E-state index in [1.165, 1.54) is 0 Å². The lowest BCUT2D eigenvalue weighted by Crippen LogP contribution is -2.40. The van der Waals surface area contributed by atoms with Crippen LogP contribution in [0.4, 0.5) is 0 Å². The molecule has 1 amide bonds. The molecular weight excluding hydrogens is 392 g/mol. The lowest BCUT2D eigenvalue weighted by molar-refractivity contribution is 0.0693. The van der Waals surface area contributed by atoms with Crippen LogP contribution in [-0.4, -0.2) is 55.4 Å². The molecule has 1 aromatic carbocycles. The number of amides is 1. The first-order valence-corrected chi connectivity index (χ1v) is 10.4. The Morgan fingerprint density at radius 2 is 2.06 bits per heavy atom. The van der Waals surface area contributed by atoms with Gasteiger partial charge in [0.25, 0.3) is 5.91 Å². The summed E-state index contributed by atoms with van der Waals surface area (Å²) in [5.74, 6) is 1.72. The number of benzene rings is 1. The van der Waals surface area contributed by atoms with E-state index in [1.807, 2.05) is 52.0 Å². The standard InChI is InChI=1S/C23H24N6O2/c1-27-20(10-11-24-27)23(30)28-12-4-6-18(14-28)22-25-21-9-8-17(15-29(21)26-22)16-5-3-7-19(13-16)31-2/h3,5,7-11,13,15,18H,4,6,12,14H2,1-2H3. The van der Waals surface area contributed by atoms with Crippen molar-refractivity contribution >= 4 is 11.6 Å². The molecule has 0 N–H and O–H groups in total. The van der Waals surface area contributed by atoms with Crippen LogP contribution in [0.1, 0.15) is 35.1 Å². The van der Waals surface area contributed by atoms with Crippen LogP contribution in [0, 0.1) is 0 Å². The van der Waals surface area contributed by atoms with Crippen molar-refractivity contribution in [1.82, 2.24) is 29.3 Å². The number of likely N-dealkylation sites (tertiary alicyclic amines) is 1. The summed E-state index contributed by atoms with van der Waals surface area (Å²) in [6, 6.07) is 13.7. The van der Waals surface area contributed by atoms with E-state index in [0.29, 0.717) is 12.2 Å². The molecule has 0 bridgehead atoms. The van der Waals surface area contributed by atoms with E-state index in [4.69, 9.17) is 14.8 Å². The quantitative estimate of drug-likeness (QED) is 0.511. The molecule has 0 radical (unpaired) electrons. The molecule has 0 saturated carbocycles. The molecule has 4 aromatic rings. The molecule has 8 heteroatoms. The van der Waals surface area contributed by atoms with E-state index >= 15 is 0 Å². The molecule has 3 aromatic heterocycles. The summed E-state index contributed by atoms with van der Waals surface area (Å²) in [6.07, 6.45) is 5.54. The first-order chi connectivity index (χ1) is 15.1. The first kappa shape index (κ1) is 19.3. The zero-order valence-electron chi connectivity index (χ0n) is 17.6. The predicted molar refractivity (Wildman–Crippen MR) is 116 cm³/mol. The largest absolute Gasteiger partial charge is 0.497 e. The Labute approximate surface area is 180 Å². The number of piperidine rings is 1. The number of carbonyl (C=O) groups excluding carboxylic acids is 1. The smallest absolute Gasteiger partial charge is 0.272 e. The second kappa shape index (κ2) is 7.86. The summed E-state index contributed by atoms with van der Waals surface area (Å²) >= 11 is 0. The van der Waals surface area contributed by atoms with Gasteiger partial charge in [0.15, 0.2) is 11.5 Å². The van der Waals surface area contributed by atoms with Crippen LogP contribution < -0.4 is 4.74 Å². The molecule has 0 spiro atoms. The molecule has 1 aliphatic heterocycles. The van der Waals surface area contributed by atoms with Gasteiger partial charge >= 0.3 is 0 Å². The molecule has 1 atom stereocenters. The number of hydrogen-bond acceptors (Lipinski definition) is 5. The van der Waals surface area contributed by atoms with Gasteiger partial charge in [0.1, 0.15) is 11.4 Å². The third-order valence-electron chi connectivity index (χ3n) is 5.86. The number of nitrogens with zero attached hydrogens (tertiary/aromatic N) is 6. The predicted octanol–water partition coefficient (Wildman–Crippen LogP) is 3.16. The van der Waals surface area contributed by atoms with E-state index in [2.05, 4.69) is 5.10 Å². The van der Waals surface area contributed by atoms with Crippen molar-refractivity contribution in [2.24, 2.45) is 7.05 Å². The monoisotopic (exact) mass is 416 g/mol. The van der Waals surface area contributed by atoms with Crippen LogP contribution in [0.2, 0.25) is 0 Å². The number of aromatic nitrogens is 5. The molecule has 0 aliphatic carbocycles. The van der Waals surface area contributed by atoms with Gasteiger partial charge in [-0.2, -0.15) is 10.2 Å². The maximum atomic E-state index is 12.9. The van der Waals surface area contributed by atoms with Crippen LogP contribution in [0.15, 0.2) is 54.9 Å². The fraction of sp³-hybridized carbons (Fsp3) is 0.304. The molecule has 158 valence electrons. The molecule has 1 unspecified atom stereocenters. The summed E-state index contributed by atoms with van der Waals surface area (Å²) in [6.45, 7) is 1.36. The van der Waals surface area contributed by atoms with Gasteiger partial charge < -0.3 is 9.64 Å². The highest BCUT2D eigenvalue weighted by Gasteiger charge is 2.29. The van der Waals surface area contributed by atoms with Crippen molar-refractivity contribution in [1.29, 1.82) is 0 Å². The van der Waals surface area contributed by atoms with Gasteiger partial charge in [0, 0.05) is 44.0 Å². The number of carbonyl (C=O) groups is 1. The van der Waals surface area contributed by atoms with E-state index in [1.54, 1.807) is 31.1 Å². The highest BCUT2D eigenvalue weighted by atomic mass is 16.5. The van der Waals surface area contributed by atoms with Gasteiger partial charge in [-0.25, -0.2) is 9.50 Å². The number of hydrogen-bond donors (Lipinski definition) is 0. The Bertz CT molecular complexity index is 1240. The Hall–Kier alpha value is -3.68. The minimum absolute atomic E-state index is 0.00813. The number of methoxy groups -OCH3 is 1. The van der Waals surface area contributed by atoms with Crippen LogP contribution in [0.3, 0.4) is 0 Å². The fourth-order valence-corrected chi connectivity index (χ4v) is 4.16. The molecule has 1 saturated heterocycles. The van der Waals surface area contributed by atoms with Crippen LogP contribution >= 0.6 is 0 Å². The Morgan fingerprint density at radius 3 is 2.87 bits per heavy atom. The van der Waals surface area contributed by atoms with Crippen molar-refractivity contribution in [2.45, 2.75) is 18.8 Å². The van der Waals surface area contributed by atoms with E-state index in [9.17, 15) is 4.79 Å². The Kier molecular flexibility index (Phi) is 4.89. The van der Waals surface area contributed by atoms with Crippen molar-refractivity contribution in [3.8, 4) is 16.9 Å². The normalized spacial score (nSPS) is 16.6. The minimum Gasteiger partial charge on any atom is -0.497 e. The summed E-state index contributed by atoms with van der Waals surface area (Å²) < 4.78 is 8.78. The SMILES string of the molecule is COc1cccc(-c2ccc3nc(C4CCCN(C(=O)c5ccnn5C)C4)nn3c2)c1. The number of ether oxygens (including phenoxy) is 1. The lowest BCUT2D eigenvalue weighted by Gasteiger charge is -2.31. The first-order valence-electron chi connectivity index (χ1n) is 10.4. The highest BCUT2D eigenvalue weighted by molar-refractivity contribution is 5.92. The fourth-order valence-electron chi connectivity index (χ4n) is 4.16. The average Bonchev–Trinajstić information content (AvgIpc) is 3.44. The maximum Gasteiger partial charge on any atom is 0.272 e. The Morgan fingerprint density at radius 1 is 1.16 bits per heavy atom. The third-order valence-corrected chi connectivity index (χ3v) is 5.86. The average molecular weight is 416 g/mol. The lowest BCUT2D eigenvalue weighted by atomic mass is 9.97.